The lowest BCUT2D eigenvalue weighted by Gasteiger charge is -2.14. The van der Waals surface area contributed by atoms with Crippen LogP contribution in [-0.2, 0) is 16.1 Å². The van der Waals surface area contributed by atoms with Gasteiger partial charge in [-0.2, -0.15) is 0 Å². The molecule has 1 heterocycles. The van der Waals surface area contributed by atoms with E-state index in [4.69, 9.17) is 15.2 Å². The number of anilines is 1. The first kappa shape index (κ1) is 12.9. The summed E-state index contributed by atoms with van der Waals surface area (Å²) in [5, 5.41) is 0. The summed E-state index contributed by atoms with van der Waals surface area (Å²) >= 11 is 0. The molecule has 90 valence electrons. The van der Waals surface area contributed by atoms with Crippen molar-refractivity contribution in [1.29, 1.82) is 0 Å². The fourth-order valence-electron chi connectivity index (χ4n) is 1.52. The number of nitrogens with two attached hydrogens (primary N) is 1. The lowest BCUT2D eigenvalue weighted by atomic mass is 10.2. The van der Waals surface area contributed by atoms with Crippen LogP contribution in [0.3, 0.4) is 0 Å². The average Bonchev–Trinajstić information content (AvgIpc) is 2.25. The molecule has 0 saturated heterocycles. The lowest BCUT2D eigenvalue weighted by molar-refractivity contribution is 0.0869. The van der Waals surface area contributed by atoms with E-state index in [0.717, 1.165) is 18.5 Å². The molecule has 1 unspecified atom stereocenters. The highest BCUT2D eigenvalue weighted by Gasteiger charge is 2.14. The minimum atomic E-state index is -0.0934. The molecule has 2 N–H and O–H groups in total. The molecule has 0 aliphatic rings. The Labute approximate surface area is 96.0 Å². The van der Waals surface area contributed by atoms with Crippen LogP contribution in [0.15, 0.2) is 6.07 Å². The Morgan fingerprint density at radius 2 is 2.12 bits per heavy atom. The van der Waals surface area contributed by atoms with Crippen molar-refractivity contribution in [3.05, 3.63) is 17.6 Å². The molecule has 0 aliphatic heterocycles. The fraction of sp³-hybridized carbons (Fsp3) is 0.636. The van der Waals surface area contributed by atoms with Gasteiger partial charge in [0.1, 0.15) is 11.9 Å². The van der Waals surface area contributed by atoms with Crippen molar-refractivity contribution >= 4 is 5.82 Å². The molecule has 0 bridgehead atoms. The maximum atomic E-state index is 5.72. The van der Waals surface area contributed by atoms with Gasteiger partial charge in [0, 0.05) is 20.3 Å². The maximum absolute atomic E-state index is 5.72. The molecule has 0 spiro atoms. The standard InChI is InChI=1S/C11H19N3O2/c1-4-5-9(16-3)11-13-8(7-15-2)6-10(12)14-11/h6,9H,4-5,7H2,1-3H3,(H2,12,13,14). The third-order valence-corrected chi connectivity index (χ3v) is 2.23. The summed E-state index contributed by atoms with van der Waals surface area (Å²) in [5.74, 6) is 1.09. The Hall–Kier alpha value is -1.20. The minimum absolute atomic E-state index is 0.0934. The van der Waals surface area contributed by atoms with Crippen LogP contribution in [0.2, 0.25) is 0 Å². The van der Waals surface area contributed by atoms with Crippen molar-refractivity contribution in [3.8, 4) is 0 Å². The summed E-state index contributed by atoms with van der Waals surface area (Å²) in [5.41, 5.74) is 6.50. The first-order valence-electron chi connectivity index (χ1n) is 5.36. The van der Waals surface area contributed by atoms with Crippen molar-refractivity contribution in [1.82, 2.24) is 9.97 Å². The van der Waals surface area contributed by atoms with Crippen molar-refractivity contribution in [2.75, 3.05) is 20.0 Å². The van der Waals surface area contributed by atoms with Crippen LogP contribution in [-0.4, -0.2) is 24.2 Å². The van der Waals surface area contributed by atoms with E-state index in [1.165, 1.54) is 0 Å². The van der Waals surface area contributed by atoms with Crippen LogP contribution in [0.1, 0.15) is 37.4 Å². The quantitative estimate of drug-likeness (QED) is 0.797. The molecule has 5 nitrogen and oxygen atoms in total. The fourth-order valence-corrected chi connectivity index (χ4v) is 1.52. The summed E-state index contributed by atoms with van der Waals surface area (Å²) in [7, 11) is 3.28. The Bertz CT molecular complexity index is 331. The van der Waals surface area contributed by atoms with Gasteiger partial charge in [-0.15, -0.1) is 0 Å². The van der Waals surface area contributed by atoms with Gasteiger partial charge in [-0.05, 0) is 6.42 Å². The molecule has 1 atom stereocenters. The maximum Gasteiger partial charge on any atom is 0.159 e. The van der Waals surface area contributed by atoms with Crippen LogP contribution in [0.5, 0.6) is 0 Å². The second-order valence-electron chi connectivity index (χ2n) is 3.59. The molecular formula is C11H19N3O2. The number of aromatic nitrogens is 2. The van der Waals surface area contributed by atoms with Crippen molar-refractivity contribution < 1.29 is 9.47 Å². The first-order valence-corrected chi connectivity index (χ1v) is 5.36. The van der Waals surface area contributed by atoms with Gasteiger partial charge < -0.3 is 15.2 Å². The van der Waals surface area contributed by atoms with Gasteiger partial charge in [0.15, 0.2) is 5.82 Å². The zero-order valence-corrected chi connectivity index (χ0v) is 10.1. The van der Waals surface area contributed by atoms with Crippen molar-refractivity contribution in [3.63, 3.8) is 0 Å². The number of methoxy groups -OCH3 is 2. The number of nitrogens with zero attached hydrogens (tertiary/aromatic N) is 2. The highest BCUT2D eigenvalue weighted by atomic mass is 16.5. The molecule has 0 fully saturated rings. The second kappa shape index (κ2) is 6.40. The third-order valence-electron chi connectivity index (χ3n) is 2.23. The first-order chi connectivity index (χ1) is 7.71. The molecule has 5 heteroatoms. The van der Waals surface area contributed by atoms with E-state index in [2.05, 4.69) is 16.9 Å². The number of ether oxygens (including phenoxy) is 2. The summed E-state index contributed by atoms with van der Waals surface area (Å²) in [4.78, 5) is 8.56. The molecule has 1 aromatic rings. The topological polar surface area (TPSA) is 70.3 Å². The molecular weight excluding hydrogens is 206 g/mol. The summed E-state index contributed by atoms with van der Waals surface area (Å²) in [6.45, 7) is 2.52. The molecule has 0 aliphatic carbocycles. The Morgan fingerprint density at radius 1 is 1.38 bits per heavy atom. The SMILES string of the molecule is CCCC(OC)c1nc(N)cc(COC)n1. The van der Waals surface area contributed by atoms with Crippen molar-refractivity contribution in [2.45, 2.75) is 32.5 Å². The lowest BCUT2D eigenvalue weighted by Crippen LogP contribution is -2.10. The highest BCUT2D eigenvalue weighted by Crippen LogP contribution is 2.19. The van der Waals surface area contributed by atoms with Crippen molar-refractivity contribution in [2.24, 2.45) is 0 Å². The Balaban J connectivity index is 2.92. The van der Waals surface area contributed by atoms with E-state index in [0.29, 0.717) is 18.2 Å². The molecule has 16 heavy (non-hydrogen) atoms. The normalized spacial score (nSPS) is 12.7. The van der Waals surface area contributed by atoms with Gasteiger partial charge in [-0.3, -0.25) is 0 Å². The molecule has 0 aromatic carbocycles. The molecule has 1 rings (SSSR count). The number of hydrogen-bond acceptors (Lipinski definition) is 5. The van der Waals surface area contributed by atoms with Gasteiger partial charge in [0.25, 0.3) is 0 Å². The molecule has 0 amide bonds. The molecule has 0 saturated carbocycles. The summed E-state index contributed by atoms with van der Waals surface area (Å²) in [6, 6.07) is 1.71. The van der Waals surface area contributed by atoms with E-state index < -0.39 is 0 Å². The third kappa shape index (κ3) is 3.43. The monoisotopic (exact) mass is 225 g/mol. The summed E-state index contributed by atoms with van der Waals surface area (Å²) < 4.78 is 10.4. The highest BCUT2D eigenvalue weighted by molar-refractivity contribution is 5.30. The van der Waals surface area contributed by atoms with E-state index in [1.807, 2.05) is 0 Å². The van der Waals surface area contributed by atoms with Gasteiger partial charge in [-0.1, -0.05) is 13.3 Å². The number of hydrogen-bond donors (Lipinski definition) is 1. The van der Waals surface area contributed by atoms with Crippen LogP contribution in [0, 0.1) is 0 Å². The molecule has 0 radical (unpaired) electrons. The minimum Gasteiger partial charge on any atom is -0.384 e. The molecule has 1 aromatic heterocycles. The Morgan fingerprint density at radius 3 is 2.69 bits per heavy atom. The van der Waals surface area contributed by atoms with E-state index in [9.17, 15) is 0 Å². The Kier molecular flexibility index (Phi) is 5.14. The zero-order valence-electron chi connectivity index (χ0n) is 10.1. The average molecular weight is 225 g/mol. The van der Waals surface area contributed by atoms with Gasteiger partial charge in [0.2, 0.25) is 0 Å². The number of nitrogen functional groups attached to an aromatic ring is 1. The van der Waals surface area contributed by atoms with Crippen LogP contribution in [0.4, 0.5) is 5.82 Å². The zero-order chi connectivity index (χ0) is 12.0. The van der Waals surface area contributed by atoms with Crippen LogP contribution >= 0.6 is 0 Å². The van der Waals surface area contributed by atoms with Gasteiger partial charge >= 0.3 is 0 Å². The second-order valence-corrected chi connectivity index (χ2v) is 3.59. The van der Waals surface area contributed by atoms with E-state index >= 15 is 0 Å². The smallest absolute Gasteiger partial charge is 0.159 e. The van der Waals surface area contributed by atoms with Crippen LogP contribution in [0.25, 0.3) is 0 Å². The summed E-state index contributed by atoms with van der Waals surface area (Å²) in [6.07, 6.45) is 1.80. The van der Waals surface area contributed by atoms with Crippen LogP contribution < -0.4 is 5.73 Å². The van der Waals surface area contributed by atoms with E-state index in [-0.39, 0.29) is 6.10 Å². The van der Waals surface area contributed by atoms with Gasteiger partial charge in [-0.25, -0.2) is 9.97 Å². The predicted molar refractivity (Wildman–Crippen MR) is 61.8 cm³/mol. The van der Waals surface area contributed by atoms with Gasteiger partial charge in [0.05, 0.1) is 12.3 Å². The largest absolute Gasteiger partial charge is 0.384 e. The predicted octanol–water partition coefficient (Wildman–Crippen LogP) is 1.69. The van der Waals surface area contributed by atoms with E-state index in [1.54, 1.807) is 20.3 Å². The number of rotatable bonds is 6.